The van der Waals surface area contributed by atoms with E-state index in [-0.39, 0.29) is 5.91 Å². The van der Waals surface area contributed by atoms with Crippen LogP contribution in [0, 0.1) is 6.92 Å². The highest BCUT2D eigenvalue weighted by molar-refractivity contribution is 7.20. The lowest BCUT2D eigenvalue weighted by Crippen LogP contribution is -2.41. The molecular formula is C19H21ClN4O2S. The molecule has 1 fully saturated rings. The van der Waals surface area contributed by atoms with Gasteiger partial charge in [0.05, 0.1) is 34.5 Å². The number of thiophene rings is 1. The van der Waals surface area contributed by atoms with Crippen LogP contribution in [0.4, 0.5) is 0 Å². The van der Waals surface area contributed by atoms with Crippen molar-refractivity contribution in [2.24, 2.45) is 0 Å². The van der Waals surface area contributed by atoms with Crippen molar-refractivity contribution >= 4 is 39.1 Å². The van der Waals surface area contributed by atoms with E-state index in [1.165, 1.54) is 11.3 Å². The molecule has 142 valence electrons. The second-order valence-corrected chi connectivity index (χ2v) is 7.93. The van der Waals surface area contributed by atoms with Gasteiger partial charge in [-0.1, -0.05) is 23.7 Å². The first-order chi connectivity index (χ1) is 13.1. The number of nitrogens with zero attached hydrogens (tertiary/aromatic N) is 3. The minimum absolute atomic E-state index is 0.0467. The fourth-order valence-corrected chi connectivity index (χ4v) is 4.49. The predicted molar refractivity (Wildman–Crippen MR) is 108 cm³/mol. The number of ether oxygens (including phenoxy) is 1. The Morgan fingerprint density at radius 2 is 2.11 bits per heavy atom. The lowest BCUT2D eigenvalue weighted by Gasteiger charge is -2.26. The molecule has 1 N–H and O–H groups in total. The SMILES string of the molecule is Cc1nn(-c2ccccc2Cl)c2sc(C(=O)NCCN3CCOCC3)cc12. The smallest absolute Gasteiger partial charge is 0.261 e. The maximum absolute atomic E-state index is 12.6. The summed E-state index contributed by atoms with van der Waals surface area (Å²) in [4.78, 5) is 16.5. The molecule has 0 saturated carbocycles. The van der Waals surface area contributed by atoms with E-state index in [1.54, 1.807) is 0 Å². The van der Waals surface area contributed by atoms with Crippen LogP contribution in [0.15, 0.2) is 30.3 Å². The van der Waals surface area contributed by atoms with Gasteiger partial charge in [-0.15, -0.1) is 11.3 Å². The highest BCUT2D eigenvalue weighted by Gasteiger charge is 2.18. The Kier molecular flexibility index (Phi) is 5.45. The predicted octanol–water partition coefficient (Wildman–Crippen LogP) is 3.11. The molecule has 3 heterocycles. The summed E-state index contributed by atoms with van der Waals surface area (Å²) < 4.78 is 7.17. The molecule has 8 heteroatoms. The fourth-order valence-electron chi connectivity index (χ4n) is 3.19. The van der Waals surface area contributed by atoms with E-state index in [1.807, 2.05) is 41.9 Å². The van der Waals surface area contributed by atoms with Crippen molar-refractivity contribution < 1.29 is 9.53 Å². The molecule has 0 atom stereocenters. The van der Waals surface area contributed by atoms with Gasteiger partial charge in [-0.2, -0.15) is 5.10 Å². The number of aryl methyl sites for hydroxylation is 1. The zero-order valence-corrected chi connectivity index (χ0v) is 16.6. The molecule has 3 aromatic rings. The van der Waals surface area contributed by atoms with Crippen molar-refractivity contribution in [3.05, 3.63) is 45.9 Å². The van der Waals surface area contributed by atoms with Crippen LogP contribution in [-0.4, -0.2) is 60.0 Å². The molecule has 4 rings (SSSR count). The number of amides is 1. The number of nitrogens with one attached hydrogen (secondary N) is 1. The number of benzene rings is 1. The van der Waals surface area contributed by atoms with Crippen LogP contribution in [0.2, 0.25) is 5.02 Å². The van der Waals surface area contributed by atoms with Crippen molar-refractivity contribution in [1.82, 2.24) is 20.0 Å². The summed E-state index contributed by atoms with van der Waals surface area (Å²) in [7, 11) is 0. The minimum Gasteiger partial charge on any atom is -0.379 e. The van der Waals surface area contributed by atoms with Gasteiger partial charge in [-0.05, 0) is 25.1 Å². The number of carbonyl (C=O) groups excluding carboxylic acids is 1. The molecule has 1 amide bonds. The number of para-hydroxylation sites is 1. The molecule has 2 aromatic heterocycles. The summed E-state index contributed by atoms with van der Waals surface area (Å²) in [5.41, 5.74) is 1.70. The zero-order chi connectivity index (χ0) is 18.8. The summed E-state index contributed by atoms with van der Waals surface area (Å²) in [6.07, 6.45) is 0. The molecule has 1 aliphatic heterocycles. The first-order valence-electron chi connectivity index (χ1n) is 8.96. The number of aromatic nitrogens is 2. The summed E-state index contributed by atoms with van der Waals surface area (Å²) in [5.74, 6) is -0.0467. The van der Waals surface area contributed by atoms with Crippen LogP contribution >= 0.6 is 22.9 Å². The van der Waals surface area contributed by atoms with Gasteiger partial charge in [0.15, 0.2) is 0 Å². The van der Waals surface area contributed by atoms with E-state index in [4.69, 9.17) is 16.3 Å². The van der Waals surface area contributed by atoms with Gasteiger partial charge in [0, 0.05) is 31.6 Å². The topological polar surface area (TPSA) is 59.4 Å². The van der Waals surface area contributed by atoms with Crippen LogP contribution in [0.5, 0.6) is 0 Å². The Labute approximate surface area is 166 Å². The first kappa shape index (κ1) is 18.4. The second kappa shape index (κ2) is 7.98. The number of halogens is 1. The minimum atomic E-state index is -0.0467. The Morgan fingerprint density at radius 3 is 2.89 bits per heavy atom. The van der Waals surface area contributed by atoms with Crippen molar-refractivity contribution in [3.8, 4) is 5.69 Å². The van der Waals surface area contributed by atoms with E-state index >= 15 is 0 Å². The van der Waals surface area contributed by atoms with Gasteiger partial charge in [0.2, 0.25) is 0 Å². The standard InChI is InChI=1S/C19H21ClN4O2S/c1-13-14-12-17(18(25)21-6-7-23-8-10-26-11-9-23)27-19(14)24(22-13)16-5-3-2-4-15(16)20/h2-5,12H,6-11H2,1H3,(H,21,25). The molecule has 0 aliphatic carbocycles. The number of morpholine rings is 1. The van der Waals surface area contributed by atoms with Crippen molar-refractivity contribution in [1.29, 1.82) is 0 Å². The maximum Gasteiger partial charge on any atom is 0.261 e. The monoisotopic (exact) mass is 404 g/mol. The van der Waals surface area contributed by atoms with Gasteiger partial charge < -0.3 is 10.1 Å². The quantitative estimate of drug-likeness (QED) is 0.709. The number of hydrogen-bond acceptors (Lipinski definition) is 5. The summed E-state index contributed by atoms with van der Waals surface area (Å²) in [5, 5.41) is 9.23. The summed E-state index contributed by atoms with van der Waals surface area (Å²) in [6.45, 7) is 6.79. The van der Waals surface area contributed by atoms with E-state index in [0.717, 1.165) is 54.4 Å². The van der Waals surface area contributed by atoms with Crippen molar-refractivity contribution in [2.75, 3.05) is 39.4 Å². The molecular weight excluding hydrogens is 384 g/mol. The lowest BCUT2D eigenvalue weighted by molar-refractivity contribution is 0.0383. The number of fused-ring (bicyclic) bond motifs is 1. The molecule has 0 bridgehead atoms. The Morgan fingerprint density at radius 1 is 1.33 bits per heavy atom. The van der Waals surface area contributed by atoms with E-state index in [0.29, 0.717) is 16.4 Å². The van der Waals surface area contributed by atoms with Gasteiger partial charge in [-0.25, -0.2) is 4.68 Å². The zero-order valence-electron chi connectivity index (χ0n) is 15.1. The first-order valence-corrected chi connectivity index (χ1v) is 10.2. The van der Waals surface area contributed by atoms with Crippen LogP contribution in [0.1, 0.15) is 15.4 Å². The lowest BCUT2D eigenvalue weighted by atomic mass is 10.3. The normalized spacial score (nSPS) is 15.3. The third-order valence-corrected chi connectivity index (χ3v) is 6.10. The van der Waals surface area contributed by atoms with Crippen LogP contribution < -0.4 is 5.32 Å². The number of carbonyl (C=O) groups is 1. The second-order valence-electron chi connectivity index (χ2n) is 6.49. The van der Waals surface area contributed by atoms with E-state index in [2.05, 4.69) is 15.3 Å². The number of rotatable bonds is 5. The van der Waals surface area contributed by atoms with Crippen LogP contribution in [0.25, 0.3) is 15.9 Å². The fraction of sp³-hybridized carbons (Fsp3) is 0.368. The Balaban J connectivity index is 1.50. The third-order valence-electron chi connectivity index (χ3n) is 4.67. The maximum atomic E-state index is 12.6. The largest absolute Gasteiger partial charge is 0.379 e. The molecule has 1 aromatic carbocycles. The van der Waals surface area contributed by atoms with E-state index < -0.39 is 0 Å². The summed E-state index contributed by atoms with van der Waals surface area (Å²) in [6, 6.07) is 9.50. The highest BCUT2D eigenvalue weighted by Crippen LogP contribution is 2.32. The van der Waals surface area contributed by atoms with Gasteiger partial charge >= 0.3 is 0 Å². The molecule has 0 unspecified atom stereocenters. The Hall–Kier alpha value is -1.93. The van der Waals surface area contributed by atoms with Crippen molar-refractivity contribution in [2.45, 2.75) is 6.92 Å². The Bertz CT molecular complexity index is 962. The molecule has 0 spiro atoms. The van der Waals surface area contributed by atoms with Crippen molar-refractivity contribution in [3.63, 3.8) is 0 Å². The molecule has 0 radical (unpaired) electrons. The molecule has 1 aliphatic rings. The summed E-state index contributed by atoms with van der Waals surface area (Å²) >= 11 is 7.77. The highest BCUT2D eigenvalue weighted by atomic mass is 35.5. The van der Waals surface area contributed by atoms with Gasteiger partial charge in [0.1, 0.15) is 4.83 Å². The average molecular weight is 405 g/mol. The molecule has 6 nitrogen and oxygen atoms in total. The van der Waals surface area contributed by atoms with Gasteiger partial charge in [-0.3, -0.25) is 9.69 Å². The average Bonchev–Trinajstić information content (AvgIpc) is 3.24. The third kappa shape index (κ3) is 3.87. The molecule has 27 heavy (non-hydrogen) atoms. The van der Waals surface area contributed by atoms with Gasteiger partial charge in [0.25, 0.3) is 5.91 Å². The van der Waals surface area contributed by atoms with Crippen LogP contribution in [0.3, 0.4) is 0 Å². The molecule has 1 saturated heterocycles. The van der Waals surface area contributed by atoms with E-state index in [9.17, 15) is 4.79 Å². The number of hydrogen-bond donors (Lipinski definition) is 1. The van der Waals surface area contributed by atoms with Crippen LogP contribution in [-0.2, 0) is 4.74 Å².